The fourth-order valence-electron chi connectivity index (χ4n) is 7.26. The van der Waals surface area contributed by atoms with Gasteiger partial charge < -0.3 is 40.3 Å². The number of urea groups is 2. The molecule has 6 rings (SSSR count). The molecule has 0 saturated carbocycles. The van der Waals surface area contributed by atoms with Crippen molar-refractivity contribution < 1.29 is 19.1 Å². The molecule has 0 aliphatic carbocycles. The Bertz CT molecular complexity index is 1370. The maximum atomic E-state index is 12.4. The summed E-state index contributed by atoms with van der Waals surface area (Å²) in [6.45, 7) is 10.2. The van der Waals surface area contributed by atoms with E-state index in [1.165, 1.54) is 58.0 Å². The van der Waals surface area contributed by atoms with Crippen molar-refractivity contribution in [3.05, 3.63) is 53.1 Å². The Morgan fingerprint density at radius 3 is 2.35 bits per heavy atom. The molecule has 2 aromatic carbocycles. The number of fused-ring (bicyclic) bond motifs is 1. The number of carbonyl (C=O) groups is 3. The molecule has 4 heterocycles. The highest BCUT2D eigenvalue weighted by Crippen LogP contribution is 2.29. The number of carbonyl (C=O) groups excluding carboxylic acids is 3. The summed E-state index contributed by atoms with van der Waals surface area (Å²) in [5.74, 6) is 0.455. The molecule has 11 nitrogen and oxygen atoms in total. The van der Waals surface area contributed by atoms with Crippen LogP contribution in [0.2, 0.25) is 5.02 Å². The van der Waals surface area contributed by atoms with Crippen LogP contribution in [-0.2, 0) is 11.3 Å². The van der Waals surface area contributed by atoms with E-state index < -0.39 is 6.03 Å². The first kappa shape index (κ1) is 35.8. The van der Waals surface area contributed by atoms with E-state index in [2.05, 4.69) is 38.7 Å². The first-order valence-corrected chi connectivity index (χ1v) is 18.0. The van der Waals surface area contributed by atoms with Crippen LogP contribution in [0.1, 0.15) is 63.9 Å². The lowest BCUT2D eigenvalue weighted by Crippen LogP contribution is -2.50. The van der Waals surface area contributed by atoms with Crippen molar-refractivity contribution in [1.82, 2.24) is 24.9 Å². The number of methoxy groups -OCH3 is 1. The van der Waals surface area contributed by atoms with Crippen LogP contribution < -0.4 is 20.7 Å². The second kappa shape index (κ2) is 17.7. The van der Waals surface area contributed by atoms with E-state index in [-0.39, 0.29) is 18.5 Å². The first-order chi connectivity index (χ1) is 23.3. The van der Waals surface area contributed by atoms with Crippen LogP contribution in [0.3, 0.4) is 0 Å². The van der Waals surface area contributed by atoms with Gasteiger partial charge in [-0.25, -0.2) is 9.59 Å². The van der Waals surface area contributed by atoms with Crippen LogP contribution in [0.4, 0.5) is 21.0 Å². The summed E-state index contributed by atoms with van der Waals surface area (Å²) in [6, 6.07) is 13.6. The van der Waals surface area contributed by atoms with Gasteiger partial charge in [-0.2, -0.15) is 0 Å². The predicted molar refractivity (Wildman–Crippen MR) is 191 cm³/mol. The van der Waals surface area contributed by atoms with Gasteiger partial charge in [-0.15, -0.1) is 0 Å². The van der Waals surface area contributed by atoms with Gasteiger partial charge in [-0.1, -0.05) is 43.1 Å². The van der Waals surface area contributed by atoms with Crippen LogP contribution in [0, 0.1) is 0 Å². The molecule has 5 amide bonds. The molecular weight excluding hydrogens is 630 g/mol. The zero-order valence-corrected chi connectivity index (χ0v) is 29.3. The molecule has 0 spiro atoms. The van der Waals surface area contributed by atoms with Crippen molar-refractivity contribution in [1.29, 1.82) is 0 Å². The maximum Gasteiger partial charge on any atom is 0.322 e. The molecule has 2 aromatic rings. The van der Waals surface area contributed by atoms with Gasteiger partial charge in [0.25, 0.3) is 0 Å². The smallest absolute Gasteiger partial charge is 0.322 e. The second-order valence-corrected chi connectivity index (χ2v) is 13.6. The fraction of sp³-hybridized carbons (Fsp3) is 0.583. The summed E-state index contributed by atoms with van der Waals surface area (Å²) in [4.78, 5) is 45.8. The van der Waals surface area contributed by atoms with Gasteiger partial charge in [0, 0.05) is 55.5 Å². The van der Waals surface area contributed by atoms with Gasteiger partial charge in [-0.3, -0.25) is 4.79 Å². The molecule has 3 N–H and O–H groups in total. The Kier molecular flexibility index (Phi) is 13.2. The van der Waals surface area contributed by atoms with E-state index in [1.807, 2.05) is 28.0 Å². The van der Waals surface area contributed by atoms with Crippen molar-refractivity contribution in [2.75, 3.05) is 70.1 Å². The molecular formula is C36H52ClN7O4. The third-order valence-electron chi connectivity index (χ3n) is 9.93. The molecule has 0 radical (unpaired) electrons. The van der Waals surface area contributed by atoms with Crippen molar-refractivity contribution in [3.63, 3.8) is 0 Å². The summed E-state index contributed by atoms with van der Waals surface area (Å²) >= 11 is 5.96. The molecule has 48 heavy (non-hydrogen) atoms. The number of nitrogens with zero attached hydrogens (tertiary/aromatic N) is 4. The molecule has 12 heteroatoms. The maximum absolute atomic E-state index is 12.4. The molecule has 3 fully saturated rings. The molecule has 0 bridgehead atoms. The van der Waals surface area contributed by atoms with Gasteiger partial charge in [0.2, 0.25) is 5.91 Å². The molecule has 0 aromatic heterocycles. The van der Waals surface area contributed by atoms with E-state index in [1.54, 1.807) is 18.2 Å². The molecule has 0 unspecified atom stereocenters. The van der Waals surface area contributed by atoms with Gasteiger partial charge >= 0.3 is 12.1 Å². The van der Waals surface area contributed by atoms with Crippen molar-refractivity contribution in [2.45, 2.75) is 76.9 Å². The van der Waals surface area contributed by atoms with E-state index in [9.17, 15) is 14.4 Å². The number of halogens is 1. The molecule has 4 aliphatic heterocycles. The number of anilines is 2. The number of ether oxygens (including phenoxy) is 1. The van der Waals surface area contributed by atoms with Gasteiger partial charge in [0.15, 0.2) is 0 Å². The topological polar surface area (TPSA) is 109 Å². The minimum Gasteiger partial charge on any atom is -0.495 e. The zero-order valence-electron chi connectivity index (χ0n) is 28.5. The van der Waals surface area contributed by atoms with Crippen LogP contribution >= 0.6 is 11.6 Å². The average molecular weight is 682 g/mol. The second-order valence-electron chi connectivity index (χ2n) is 13.1. The van der Waals surface area contributed by atoms with Crippen LogP contribution in [-0.4, -0.2) is 109 Å². The van der Waals surface area contributed by atoms with E-state index in [0.717, 1.165) is 64.1 Å². The standard InChI is InChI=1S/C20H29ClN4O3.C16H23N3O/c1-28-18-6-5-15(21)13-17(18)23-20(27)22-14-19(26)25-11-7-16(8-12-25)24-9-3-2-4-10-24;1-2-9-18-10-7-14(8-11-18)19-12-13-5-3-4-6-15(13)17-16(19)20/h5-6,13,16H,2-4,7-12,14H2,1H3,(H2,22,23,27);3-6,14H,2,7-12H2,1H3,(H,17,20). The highest BCUT2D eigenvalue weighted by Gasteiger charge is 2.31. The van der Waals surface area contributed by atoms with E-state index in [0.29, 0.717) is 28.5 Å². The number of nitrogens with one attached hydrogen (secondary N) is 3. The first-order valence-electron chi connectivity index (χ1n) is 17.6. The van der Waals surface area contributed by atoms with E-state index >= 15 is 0 Å². The number of para-hydroxylation sites is 1. The largest absolute Gasteiger partial charge is 0.495 e. The summed E-state index contributed by atoms with van der Waals surface area (Å²) in [5, 5.41) is 8.80. The quantitative estimate of drug-likeness (QED) is 0.322. The third-order valence-corrected chi connectivity index (χ3v) is 10.2. The molecule has 262 valence electrons. The lowest BCUT2D eigenvalue weighted by Gasteiger charge is -2.40. The minimum atomic E-state index is -0.461. The lowest BCUT2D eigenvalue weighted by atomic mass is 10.00. The third kappa shape index (κ3) is 9.76. The molecule has 0 atom stereocenters. The predicted octanol–water partition coefficient (Wildman–Crippen LogP) is 5.86. The minimum absolute atomic E-state index is 0.0247. The summed E-state index contributed by atoms with van der Waals surface area (Å²) in [6.07, 6.45) is 9.33. The van der Waals surface area contributed by atoms with Crippen molar-refractivity contribution in [2.24, 2.45) is 0 Å². The Labute approximate surface area is 290 Å². The number of piperidine rings is 3. The highest BCUT2D eigenvalue weighted by atomic mass is 35.5. The van der Waals surface area contributed by atoms with Crippen LogP contribution in [0.25, 0.3) is 0 Å². The van der Waals surface area contributed by atoms with Gasteiger partial charge in [0.05, 0.1) is 19.3 Å². The number of amides is 5. The number of hydrogen-bond donors (Lipinski definition) is 3. The number of likely N-dealkylation sites (tertiary alicyclic amines) is 3. The summed E-state index contributed by atoms with van der Waals surface area (Å²) in [5.41, 5.74) is 2.66. The lowest BCUT2D eigenvalue weighted by molar-refractivity contribution is -0.131. The van der Waals surface area contributed by atoms with Crippen molar-refractivity contribution >= 4 is 40.9 Å². The zero-order chi connectivity index (χ0) is 33.9. The number of rotatable bonds is 8. The summed E-state index contributed by atoms with van der Waals surface area (Å²) in [7, 11) is 1.52. The SMILES string of the molecule is CCCN1CCC(N2Cc3ccccc3NC2=O)CC1.COc1ccc(Cl)cc1NC(=O)NCC(=O)N1CCC(N2CCCCC2)CC1. The Morgan fingerprint density at radius 1 is 0.938 bits per heavy atom. The monoisotopic (exact) mass is 681 g/mol. The average Bonchev–Trinajstić information content (AvgIpc) is 3.12. The number of benzene rings is 2. The van der Waals surface area contributed by atoms with Gasteiger partial charge in [0.1, 0.15) is 5.75 Å². The Balaban J connectivity index is 0.000000198. The van der Waals surface area contributed by atoms with Crippen LogP contribution in [0.5, 0.6) is 5.75 Å². The molecule has 3 saturated heterocycles. The van der Waals surface area contributed by atoms with Crippen LogP contribution in [0.15, 0.2) is 42.5 Å². The van der Waals surface area contributed by atoms with Gasteiger partial charge in [-0.05, 0) is 94.4 Å². The van der Waals surface area contributed by atoms with E-state index in [4.69, 9.17) is 16.3 Å². The Morgan fingerprint density at radius 2 is 1.65 bits per heavy atom. The fourth-order valence-corrected chi connectivity index (χ4v) is 7.44. The number of hydrogen-bond acceptors (Lipinski definition) is 6. The molecule has 4 aliphatic rings. The normalized spacial score (nSPS) is 19.4. The highest BCUT2D eigenvalue weighted by molar-refractivity contribution is 6.31. The van der Waals surface area contributed by atoms with Crippen molar-refractivity contribution in [3.8, 4) is 5.75 Å². The summed E-state index contributed by atoms with van der Waals surface area (Å²) < 4.78 is 5.20. The Hall–Kier alpha value is -3.54.